The van der Waals surface area contributed by atoms with Gasteiger partial charge in [0.2, 0.25) is 6.08 Å². The number of carbonyl (C=O) groups excluding carboxylic acids is 1. The summed E-state index contributed by atoms with van der Waals surface area (Å²) >= 11 is 0. The fourth-order valence-corrected chi connectivity index (χ4v) is 1.58. The van der Waals surface area contributed by atoms with E-state index < -0.39 is 5.54 Å². The van der Waals surface area contributed by atoms with Crippen LogP contribution in [0.4, 0.5) is 0 Å². The summed E-state index contributed by atoms with van der Waals surface area (Å²) in [4.78, 5) is 18.5. The molecule has 0 atom stereocenters. The SMILES string of the molecule is CC(C)(N=C=O)c1cnc2ccccc2c1. The Kier molecular flexibility index (Phi) is 2.55. The van der Waals surface area contributed by atoms with E-state index in [-0.39, 0.29) is 0 Å². The Bertz CT molecular complexity index is 569. The van der Waals surface area contributed by atoms with Crippen LogP contribution in [-0.2, 0) is 10.3 Å². The number of para-hydroxylation sites is 1. The summed E-state index contributed by atoms with van der Waals surface area (Å²) in [6.45, 7) is 3.73. The summed E-state index contributed by atoms with van der Waals surface area (Å²) in [5.41, 5.74) is 1.28. The van der Waals surface area contributed by atoms with Gasteiger partial charge in [-0.05, 0) is 31.5 Å². The van der Waals surface area contributed by atoms with Crippen molar-refractivity contribution in [2.24, 2.45) is 4.99 Å². The van der Waals surface area contributed by atoms with Gasteiger partial charge in [0.1, 0.15) is 0 Å². The van der Waals surface area contributed by atoms with E-state index in [4.69, 9.17) is 0 Å². The summed E-state index contributed by atoms with van der Waals surface area (Å²) in [6.07, 6.45) is 3.35. The zero-order valence-electron chi connectivity index (χ0n) is 9.27. The molecule has 0 bridgehead atoms. The highest BCUT2D eigenvalue weighted by atomic mass is 16.1. The first-order valence-electron chi connectivity index (χ1n) is 5.08. The molecule has 0 amide bonds. The van der Waals surface area contributed by atoms with Crippen molar-refractivity contribution in [3.8, 4) is 0 Å². The summed E-state index contributed by atoms with van der Waals surface area (Å²) in [6, 6.07) is 9.86. The first-order valence-corrected chi connectivity index (χ1v) is 5.08. The van der Waals surface area contributed by atoms with Crippen LogP contribution in [0.15, 0.2) is 41.5 Å². The van der Waals surface area contributed by atoms with Crippen LogP contribution in [0, 0.1) is 0 Å². The van der Waals surface area contributed by atoms with Crippen molar-refractivity contribution >= 4 is 17.0 Å². The molecule has 80 valence electrons. The Morgan fingerprint density at radius 1 is 1.31 bits per heavy atom. The van der Waals surface area contributed by atoms with Crippen LogP contribution >= 0.6 is 0 Å². The molecule has 0 aliphatic carbocycles. The molecule has 1 aromatic carbocycles. The summed E-state index contributed by atoms with van der Waals surface area (Å²) in [5, 5.41) is 1.05. The summed E-state index contributed by atoms with van der Waals surface area (Å²) in [7, 11) is 0. The second kappa shape index (κ2) is 3.87. The standard InChI is InChI=1S/C13H12N2O/c1-13(2,15-9-16)11-7-10-5-3-4-6-12(10)14-8-11/h3-8H,1-2H3. The number of aromatic nitrogens is 1. The van der Waals surface area contributed by atoms with Crippen molar-refractivity contribution in [2.75, 3.05) is 0 Å². The molecule has 16 heavy (non-hydrogen) atoms. The monoisotopic (exact) mass is 212 g/mol. The number of aliphatic imine (C=N–C) groups is 1. The van der Waals surface area contributed by atoms with Crippen molar-refractivity contribution in [1.29, 1.82) is 0 Å². The fraction of sp³-hybridized carbons (Fsp3) is 0.231. The van der Waals surface area contributed by atoms with Gasteiger partial charge in [0.15, 0.2) is 0 Å². The van der Waals surface area contributed by atoms with Crippen LogP contribution in [0.1, 0.15) is 19.4 Å². The van der Waals surface area contributed by atoms with Crippen LogP contribution in [0.3, 0.4) is 0 Å². The minimum absolute atomic E-state index is 0.571. The van der Waals surface area contributed by atoms with Gasteiger partial charge in [-0.2, -0.15) is 4.99 Å². The van der Waals surface area contributed by atoms with Gasteiger partial charge in [0.25, 0.3) is 0 Å². The molecule has 0 unspecified atom stereocenters. The lowest BCUT2D eigenvalue weighted by molar-refractivity contribution is 0.522. The lowest BCUT2D eigenvalue weighted by Crippen LogP contribution is -2.13. The molecule has 0 radical (unpaired) electrons. The van der Waals surface area contributed by atoms with Crippen molar-refractivity contribution in [3.05, 3.63) is 42.1 Å². The molecule has 0 spiro atoms. The molecule has 2 rings (SSSR count). The van der Waals surface area contributed by atoms with E-state index in [2.05, 4.69) is 9.98 Å². The van der Waals surface area contributed by atoms with E-state index in [9.17, 15) is 4.79 Å². The number of rotatable bonds is 2. The Labute approximate surface area is 93.8 Å². The average molecular weight is 212 g/mol. The Morgan fingerprint density at radius 2 is 2.06 bits per heavy atom. The lowest BCUT2D eigenvalue weighted by atomic mass is 9.96. The number of hydrogen-bond acceptors (Lipinski definition) is 3. The van der Waals surface area contributed by atoms with Gasteiger partial charge in [-0.1, -0.05) is 18.2 Å². The third-order valence-corrected chi connectivity index (χ3v) is 2.62. The van der Waals surface area contributed by atoms with Gasteiger partial charge in [-0.15, -0.1) is 0 Å². The second-order valence-corrected chi connectivity index (χ2v) is 4.18. The molecule has 0 aliphatic rings. The molecule has 3 heteroatoms. The Hall–Kier alpha value is -1.99. The van der Waals surface area contributed by atoms with Gasteiger partial charge in [0, 0.05) is 11.6 Å². The zero-order chi connectivity index (χ0) is 11.6. The third-order valence-electron chi connectivity index (χ3n) is 2.62. The molecule has 0 saturated heterocycles. The maximum absolute atomic E-state index is 10.3. The van der Waals surface area contributed by atoms with Gasteiger partial charge >= 0.3 is 0 Å². The smallest absolute Gasteiger partial charge is 0.235 e. The third kappa shape index (κ3) is 1.86. The number of fused-ring (bicyclic) bond motifs is 1. The van der Waals surface area contributed by atoms with Crippen LogP contribution < -0.4 is 0 Å². The van der Waals surface area contributed by atoms with Crippen LogP contribution in [-0.4, -0.2) is 11.1 Å². The number of isocyanates is 1. The first-order chi connectivity index (χ1) is 7.63. The van der Waals surface area contributed by atoms with E-state index >= 15 is 0 Å². The van der Waals surface area contributed by atoms with Crippen LogP contribution in [0.5, 0.6) is 0 Å². The van der Waals surface area contributed by atoms with E-state index in [1.165, 1.54) is 0 Å². The van der Waals surface area contributed by atoms with Crippen LogP contribution in [0.25, 0.3) is 10.9 Å². The van der Waals surface area contributed by atoms with Gasteiger partial charge in [-0.3, -0.25) is 4.98 Å². The fourth-order valence-electron chi connectivity index (χ4n) is 1.58. The number of pyridine rings is 1. The van der Waals surface area contributed by atoms with E-state index in [1.54, 1.807) is 12.3 Å². The molecular weight excluding hydrogens is 200 g/mol. The highest BCUT2D eigenvalue weighted by Gasteiger charge is 2.19. The first kappa shape index (κ1) is 10.5. The van der Waals surface area contributed by atoms with E-state index in [1.807, 2.05) is 44.2 Å². The molecule has 2 aromatic rings. The number of hydrogen-bond donors (Lipinski definition) is 0. The minimum Gasteiger partial charge on any atom is -0.256 e. The predicted molar refractivity (Wildman–Crippen MR) is 62.9 cm³/mol. The van der Waals surface area contributed by atoms with Gasteiger partial charge in [0.05, 0.1) is 11.1 Å². The molecule has 3 nitrogen and oxygen atoms in total. The average Bonchev–Trinajstić information content (AvgIpc) is 2.28. The summed E-state index contributed by atoms with van der Waals surface area (Å²) in [5.74, 6) is 0. The predicted octanol–water partition coefficient (Wildman–Crippen LogP) is 2.81. The molecule has 1 aromatic heterocycles. The lowest BCUT2D eigenvalue weighted by Gasteiger charge is -2.17. The Morgan fingerprint density at radius 3 is 2.81 bits per heavy atom. The van der Waals surface area contributed by atoms with Gasteiger partial charge < -0.3 is 0 Å². The van der Waals surface area contributed by atoms with Crippen molar-refractivity contribution in [1.82, 2.24) is 4.98 Å². The molecular formula is C13H12N2O. The largest absolute Gasteiger partial charge is 0.256 e. The maximum atomic E-state index is 10.3. The minimum atomic E-state index is -0.571. The van der Waals surface area contributed by atoms with Crippen molar-refractivity contribution in [3.63, 3.8) is 0 Å². The van der Waals surface area contributed by atoms with E-state index in [0.29, 0.717) is 0 Å². The van der Waals surface area contributed by atoms with E-state index in [0.717, 1.165) is 16.5 Å². The molecule has 0 saturated carbocycles. The topological polar surface area (TPSA) is 42.3 Å². The number of nitrogens with zero attached hydrogens (tertiary/aromatic N) is 2. The molecule has 1 heterocycles. The zero-order valence-corrected chi connectivity index (χ0v) is 9.27. The normalized spacial score (nSPS) is 11.1. The molecule has 0 aliphatic heterocycles. The highest BCUT2D eigenvalue weighted by molar-refractivity contribution is 5.79. The maximum Gasteiger partial charge on any atom is 0.235 e. The van der Waals surface area contributed by atoms with Crippen molar-refractivity contribution < 1.29 is 4.79 Å². The van der Waals surface area contributed by atoms with Crippen LogP contribution in [0.2, 0.25) is 0 Å². The molecule has 0 N–H and O–H groups in total. The Balaban J connectivity index is 2.59. The second-order valence-electron chi connectivity index (χ2n) is 4.18. The molecule has 0 fully saturated rings. The quantitative estimate of drug-likeness (QED) is 0.567. The highest BCUT2D eigenvalue weighted by Crippen LogP contribution is 2.25. The number of benzene rings is 1. The van der Waals surface area contributed by atoms with Gasteiger partial charge in [-0.25, -0.2) is 4.79 Å². The summed E-state index contributed by atoms with van der Waals surface area (Å²) < 4.78 is 0. The van der Waals surface area contributed by atoms with Crippen molar-refractivity contribution in [2.45, 2.75) is 19.4 Å².